The first-order valence-corrected chi connectivity index (χ1v) is 8.01. The number of piperidine rings is 1. The van der Waals surface area contributed by atoms with Gasteiger partial charge in [0.05, 0.1) is 0 Å². The molecule has 0 spiro atoms. The maximum absolute atomic E-state index is 12.0. The fraction of sp³-hybridized carbons (Fsp3) is 0.588. The monoisotopic (exact) mass is 289 g/mol. The molecule has 2 rings (SSSR count). The van der Waals surface area contributed by atoms with Crippen LogP contribution in [0, 0.1) is 0 Å². The summed E-state index contributed by atoms with van der Waals surface area (Å²) in [7, 11) is 0. The van der Waals surface area contributed by atoms with Crippen molar-refractivity contribution in [3.05, 3.63) is 35.9 Å². The molecule has 1 aromatic rings. The van der Waals surface area contributed by atoms with Gasteiger partial charge in [0.15, 0.2) is 0 Å². The van der Waals surface area contributed by atoms with Crippen LogP contribution in [0.5, 0.6) is 0 Å². The van der Waals surface area contributed by atoms with Crippen LogP contribution in [-0.2, 0) is 4.79 Å². The van der Waals surface area contributed by atoms with Gasteiger partial charge in [-0.2, -0.15) is 0 Å². The summed E-state index contributed by atoms with van der Waals surface area (Å²) in [5.74, 6) is 0.135. The first-order chi connectivity index (χ1) is 10.2. The van der Waals surface area contributed by atoms with E-state index in [1.54, 1.807) is 0 Å². The van der Waals surface area contributed by atoms with Crippen LogP contribution < -0.4 is 11.1 Å². The van der Waals surface area contributed by atoms with E-state index in [1.165, 1.54) is 0 Å². The fourth-order valence-corrected chi connectivity index (χ4v) is 2.85. The lowest BCUT2D eigenvalue weighted by Gasteiger charge is -2.31. The molecular weight excluding hydrogens is 262 g/mol. The molecule has 0 bridgehead atoms. The molecule has 1 atom stereocenters. The number of carbonyl (C=O) groups excluding carboxylic acids is 1. The lowest BCUT2D eigenvalue weighted by atomic mass is 10.0. The second-order valence-electron chi connectivity index (χ2n) is 5.83. The summed E-state index contributed by atoms with van der Waals surface area (Å²) in [6.45, 7) is 5.46. The van der Waals surface area contributed by atoms with Crippen molar-refractivity contribution in [2.24, 2.45) is 5.73 Å². The maximum Gasteiger partial charge on any atom is 0.220 e. The minimum absolute atomic E-state index is 0.0566. The summed E-state index contributed by atoms with van der Waals surface area (Å²) in [6, 6.07) is 10.3. The smallest absolute Gasteiger partial charge is 0.220 e. The van der Waals surface area contributed by atoms with Gasteiger partial charge in [0, 0.05) is 31.6 Å². The third kappa shape index (κ3) is 5.14. The summed E-state index contributed by atoms with van der Waals surface area (Å²) in [4.78, 5) is 14.4. The molecule has 0 radical (unpaired) electrons. The third-order valence-corrected chi connectivity index (χ3v) is 4.31. The van der Waals surface area contributed by atoms with Crippen LogP contribution in [0.2, 0.25) is 0 Å². The van der Waals surface area contributed by atoms with E-state index in [2.05, 4.69) is 17.1 Å². The highest BCUT2D eigenvalue weighted by Crippen LogP contribution is 2.15. The average molecular weight is 289 g/mol. The number of benzene rings is 1. The molecule has 1 aromatic carbocycles. The quantitative estimate of drug-likeness (QED) is 0.843. The molecule has 1 aliphatic rings. The Kier molecular flexibility index (Phi) is 6.21. The third-order valence-electron chi connectivity index (χ3n) is 4.31. The Morgan fingerprint density at radius 2 is 2.00 bits per heavy atom. The van der Waals surface area contributed by atoms with Gasteiger partial charge in [-0.05, 0) is 31.4 Å². The van der Waals surface area contributed by atoms with E-state index in [-0.39, 0.29) is 11.9 Å². The summed E-state index contributed by atoms with van der Waals surface area (Å²) in [6.07, 6.45) is 3.32. The Morgan fingerprint density at radius 1 is 1.33 bits per heavy atom. The number of amides is 1. The number of rotatable bonds is 6. The molecule has 0 aromatic heterocycles. The lowest BCUT2D eigenvalue weighted by molar-refractivity contribution is -0.122. The van der Waals surface area contributed by atoms with Crippen LogP contribution in [0.25, 0.3) is 0 Å². The lowest BCUT2D eigenvalue weighted by Crippen LogP contribution is -2.44. The van der Waals surface area contributed by atoms with Gasteiger partial charge in [-0.1, -0.05) is 37.3 Å². The largest absolute Gasteiger partial charge is 0.353 e. The SMILES string of the molecule is CCN1CCC(NC(=O)CCC(N)c2ccccc2)CC1. The van der Waals surface area contributed by atoms with Crippen LogP contribution in [0.4, 0.5) is 0 Å². The zero-order chi connectivity index (χ0) is 15.1. The summed E-state index contributed by atoms with van der Waals surface area (Å²) >= 11 is 0. The Balaban J connectivity index is 1.68. The number of hydrogen-bond acceptors (Lipinski definition) is 3. The molecule has 1 unspecified atom stereocenters. The van der Waals surface area contributed by atoms with E-state index in [0.717, 1.165) is 38.0 Å². The van der Waals surface area contributed by atoms with Crippen molar-refractivity contribution >= 4 is 5.91 Å². The molecular formula is C17H27N3O. The number of carbonyl (C=O) groups is 1. The normalized spacial score (nSPS) is 18.4. The number of nitrogens with two attached hydrogens (primary N) is 1. The molecule has 116 valence electrons. The first kappa shape index (κ1) is 16.0. The topological polar surface area (TPSA) is 58.4 Å². The summed E-state index contributed by atoms with van der Waals surface area (Å²) in [5, 5.41) is 3.15. The first-order valence-electron chi connectivity index (χ1n) is 8.01. The van der Waals surface area contributed by atoms with Crippen LogP contribution >= 0.6 is 0 Å². The van der Waals surface area contributed by atoms with Crippen molar-refractivity contribution in [1.29, 1.82) is 0 Å². The fourth-order valence-electron chi connectivity index (χ4n) is 2.85. The highest BCUT2D eigenvalue weighted by atomic mass is 16.1. The molecule has 1 amide bonds. The Labute approximate surface area is 127 Å². The Hall–Kier alpha value is -1.39. The van der Waals surface area contributed by atoms with Gasteiger partial charge in [-0.25, -0.2) is 0 Å². The van der Waals surface area contributed by atoms with E-state index < -0.39 is 0 Å². The van der Waals surface area contributed by atoms with Crippen molar-refractivity contribution in [1.82, 2.24) is 10.2 Å². The molecule has 1 aliphatic heterocycles. The average Bonchev–Trinajstić information content (AvgIpc) is 2.54. The van der Waals surface area contributed by atoms with Crippen molar-refractivity contribution in [3.63, 3.8) is 0 Å². The standard InChI is InChI=1S/C17H27N3O/c1-2-20-12-10-15(11-13-20)19-17(21)9-8-16(18)14-6-4-3-5-7-14/h3-7,15-16H,2,8-13,18H2,1H3,(H,19,21). The molecule has 0 saturated carbocycles. The van der Waals surface area contributed by atoms with Crippen LogP contribution in [0.1, 0.15) is 44.2 Å². The van der Waals surface area contributed by atoms with E-state index in [0.29, 0.717) is 18.9 Å². The minimum Gasteiger partial charge on any atom is -0.353 e. The Morgan fingerprint density at radius 3 is 2.62 bits per heavy atom. The van der Waals surface area contributed by atoms with E-state index >= 15 is 0 Å². The summed E-state index contributed by atoms with van der Waals surface area (Å²) < 4.78 is 0. The molecule has 1 saturated heterocycles. The molecule has 4 nitrogen and oxygen atoms in total. The zero-order valence-corrected chi connectivity index (χ0v) is 12.9. The van der Waals surface area contributed by atoms with Crippen LogP contribution in [-0.4, -0.2) is 36.5 Å². The molecule has 21 heavy (non-hydrogen) atoms. The van der Waals surface area contributed by atoms with Gasteiger partial charge in [0.1, 0.15) is 0 Å². The predicted molar refractivity (Wildman–Crippen MR) is 85.9 cm³/mol. The number of hydrogen-bond donors (Lipinski definition) is 2. The van der Waals surface area contributed by atoms with E-state index in [1.807, 2.05) is 30.3 Å². The van der Waals surface area contributed by atoms with Crippen molar-refractivity contribution in [3.8, 4) is 0 Å². The molecule has 0 aliphatic carbocycles. The maximum atomic E-state index is 12.0. The van der Waals surface area contributed by atoms with Gasteiger partial charge in [0.2, 0.25) is 5.91 Å². The highest BCUT2D eigenvalue weighted by Gasteiger charge is 2.19. The second-order valence-corrected chi connectivity index (χ2v) is 5.83. The minimum atomic E-state index is -0.0566. The van der Waals surface area contributed by atoms with Crippen molar-refractivity contribution in [2.75, 3.05) is 19.6 Å². The number of nitrogens with zero attached hydrogens (tertiary/aromatic N) is 1. The molecule has 3 N–H and O–H groups in total. The van der Waals surface area contributed by atoms with Crippen molar-refractivity contribution in [2.45, 2.75) is 44.7 Å². The van der Waals surface area contributed by atoms with Crippen LogP contribution in [0.3, 0.4) is 0 Å². The van der Waals surface area contributed by atoms with Gasteiger partial charge in [-0.3, -0.25) is 4.79 Å². The van der Waals surface area contributed by atoms with E-state index in [9.17, 15) is 4.79 Å². The molecule has 1 heterocycles. The van der Waals surface area contributed by atoms with Crippen LogP contribution in [0.15, 0.2) is 30.3 Å². The summed E-state index contributed by atoms with van der Waals surface area (Å²) in [5.41, 5.74) is 7.22. The van der Waals surface area contributed by atoms with Gasteiger partial charge in [0.25, 0.3) is 0 Å². The Bertz CT molecular complexity index is 427. The predicted octanol–water partition coefficient (Wildman–Crippen LogP) is 2.07. The molecule has 1 fully saturated rings. The van der Waals surface area contributed by atoms with Crippen molar-refractivity contribution < 1.29 is 4.79 Å². The number of nitrogens with one attached hydrogen (secondary N) is 1. The zero-order valence-electron chi connectivity index (χ0n) is 12.9. The second kappa shape index (κ2) is 8.15. The highest BCUT2D eigenvalue weighted by molar-refractivity contribution is 5.76. The van der Waals surface area contributed by atoms with Gasteiger partial charge in [-0.15, -0.1) is 0 Å². The van der Waals surface area contributed by atoms with Gasteiger partial charge < -0.3 is 16.0 Å². The number of likely N-dealkylation sites (tertiary alicyclic amines) is 1. The molecule has 4 heteroatoms. The van der Waals surface area contributed by atoms with Gasteiger partial charge >= 0.3 is 0 Å². The van der Waals surface area contributed by atoms with E-state index in [4.69, 9.17) is 5.73 Å².